The SMILES string of the molecule is Cn1ccc(C(=O)CC2CCOC2)n1. The van der Waals surface area contributed by atoms with Crippen LogP contribution >= 0.6 is 0 Å². The highest BCUT2D eigenvalue weighted by atomic mass is 16.5. The fourth-order valence-corrected chi connectivity index (χ4v) is 1.67. The minimum atomic E-state index is 0.126. The van der Waals surface area contributed by atoms with Crippen LogP contribution in [0.2, 0.25) is 0 Å². The van der Waals surface area contributed by atoms with Gasteiger partial charge in [0.05, 0.1) is 0 Å². The minimum Gasteiger partial charge on any atom is -0.381 e. The van der Waals surface area contributed by atoms with Gasteiger partial charge in [0.1, 0.15) is 5.69 Å². The summed E-state index contributed by atoms with van der Waals surface area (Å²) in [7, 11) is 1.81. The van der Waals surface area contributed by atoms with Gasteiger partial charge in [0, 0.05) is 32.9 Å². The number of aryl methyl sites for hydroxylation is 1. The summed E-state index contributed by atoms with van der Waals surface area (Å²) in [6.07, 6.45) is 3.36. The molecule has 1 atom stereocenters. The van der Waals surface area contributed by atoms with Crippen molar-refractivity contribution < 1.29 is 9.53 Å². The molecule has 1 aliphatic heterocycles. The largest absolute Gasteiger partial charge is 0.381 e. The van der Waals surface area contributed by atoms with Gasteiger partial charge >= 0.3 is 0 Å². The Morgan fingerprint density at radius 3 is 3.21 bits per heavy atom. The Balaban J connectivity index is 1.95. The summed E-state index contributed by atoms with van der Waals surface area (Å²) in [5.74, 6) is 0.519. The molecule has 0 aliphatic carbocycles. The number of Topliss-reactive ketones (excluding diaryl/α,β-unsaturated/α-hetero) is 1. The molecule has 0 bridgehead atoms. The first-order valence-corrected chi connectivity index (χ1v) is 4.86. The van der Waals surface area contributed by atoms with E-state index in [4.69, 9.17) is 4.74 Å². The van der Waals surface area contributed by atoms with Crippen LogP contribution < -0.4 is 0 Å². The zero-order valence-corrected chi connectivity index (χ0v) is 8.27. The molecule has 4 heteroatoms. The van der Waals surface area contributed by atoms with Gasteiger partial charge < -0.3 is 4.74 Å². The summed E-state index contributed by atoms with van der Waals surface area (Å²) >= 11 is 0. The van der Waals surface area contributed by atoms with Gasteiger partial charge in [-0.25, -0.2) is 0 Å². The molecule has 0 radical (unpaired) electrons. The van der Waals surface area contributed by atoms with Gasteiger partial charge in [-0.2, -0.15) is 5.10 Å². The van der Waals surface area contributed by atoms with Crippen molar-refractivity contribution in [2.45, 2.75) is 12.8 Å². The molecule has 0 spiro atoms. The van der Waals surface area contributed by atoms with Gasteiger partial charge in [0.25, 0.3) is 0 Å². The first-order valence-electron chi connectivity index (χ1n) is 4.86. The molecule has 4 nitrogen and oxygen atoms in total. The molecule has 1 aliphatic rings. The van der Waals surface area contributed by atoms with Crippen LogP contribution in [0.5, 0.6) is 0 Å². The zero-order valence-electron chi connectivity index (χ0n) is 8.27. The van der Waals surface area contributed by atoms with E-state index in [1.807, 2.05) is 7.05 Å². The number of rotatable bonds is 3. The van der Waals surface area contributed by atoms with E-state index in [1.54, 1.807) is 16.9 Å². The van der Waals surface area contributed by atoms with Crippen LogP contribution in [0.15, 0.2) is 12.3 Å². The Labute approximate surface area is 82.9 Å². The first-order chi connectivity index (χ1) is 6.75. The lowest BCUT2D eigenvalue weighted by atomic mass is 10.0. The second-order valence-electron chi connectivity index (χ2n) is 3.73. The summed E-state index contributed by atoms with van der Waals surface area (Å²) in [5.41, 5.74) is 0.569. The summed E-state index contributed by atoms with van der Waals surface area (Å²) in [4.78, 5) is 11.7. The van der Waals surface area contributed by atoms with Gasteiger partial charge in [0.15, 0.2) is 5.78 Å². The van der Waals surface area contributed by atoms with Crippen LogP contribution in [0.1, 0.15) is 23.3 Å². The van der Waals surface area contributed by atoms with Crippen LogP contribution in [-0.2, 0) is 11.8 Å². The molecule has 2 rings (SSSR count). The maximum Gasteiger partial charge on any atom is 0.183 e. The molecule has 1 aromatic rings. The van der Waals surface area contributed by atoms with Crippen LogP contribution in [0.4, 0.5) is 0 Å². The van der Waals surface area contributed by atoms with E-state index in [-0.39, 0.29) is 5.78 Å². The Morgan fingerprint density at radius 1 is 1.79 bits per heavy atom. The van der Waals surface area contributed by atoms with Gasteiger partial charge in [-0.15, -0.1) is 0 Å². The molecule has 0 amide bonds. The highest BCUT2D eigenvalue weighted by Crippen LogP contribution is 2.18. The number of aromatic nitrogens is 2. The quantitative estimate of drug-likeness (QED) is 0.675. The van der Waals surface area contributed by atoms with E-state index < -0.39 is 0 Å². The van der Waals surface area contributed by atoms with Crippen LogP contribution in [0.25, 0.3) is 0 Å². The van der Waals surface area contributed by atoms with Crippen molar-refractivity contribution >= 4 is 5.78 Å². The molecule has 14 heavy (non-hydrogen) atoms. The van der Waals surface area contributed by atoms with Crippen molar-refractivity contribution in [1.82, 2.24) is 9.78 Å². The van der Waals surface area contributed by atoms with Crippen molar-refractivity contribution in [2.24, 2.45) is 13.0 Å². The van der Waals surface area contributed by atoms with Crippen LogP contribution in [0, 0.1) is 5.92 Å². The standard InChI is InChI=1S/C10H14N2O2/c1-12-4-2-9(11-12)10(13)6-8-3-5-14-7-8/h2,4,8H,3,5-7H2,1H3. The number of nitrogens with zero attached hydrogens (tertiary/aromatic N) is 2. The molecule has 0 N–H and O–H groups in total. The molecule has 1 unspecified atom stereocenters. The lowest BCUT2D eigenvalue weighted by molar-refractivity contribution is 0.0947. The Hall–Kier alpha value is -1.16. The summed E-state index contributed by atoms with van der Waals surface area (Å²) < 4.78 is 6.87. The monoisotopic (exact) mass is 194 g/mol. The van der Waals surface area contributed by atoms with E-state index in [9.17, 15) is 4.79 Å². The van der Waals surface area contributed by atoms with Gasteiger partial charge in [0.2, 0.25) is 0 Å². The van der Waals surface area contributed by atoms with E-state index in [0.717, 1.165) is 19.6 Å². The third-order valence-electron chi connectivity index (χ3n) is 2.50. The third-order valence-corrected chi connectivity index (χ3v) is 2.50. The maximum absolute atomic E-state index is 11.7. The van der Waals surface area contributed by atoms with E-state index in [0.29, 0.717) is 18.0 Å². The third kappa shape index (κ3) is 2.01. The van der Waals surface area contributed by atoms with Crippen LogP contribution in [-0.4, -0.2) is 28.8 Å². The fourth-order valence-electron chi connectivity index (χ4n) is 1.67. The number of ether oxygens (including phenoxy) is 1. The lowest BCUT2D eigenvalue weighted by Gasteiger charge is -2.03. The normalized spacial score (nSPS) is 21.4. The molecule has 1 fully saturated rings. The van der Waals surface area contributed by atoms with Crippen molar-refractivity contribution in [1.29, 1.82) is 0 Å². The van der Waals surface area contributed by atoms with Crippen molar-refractivity contribution in [3.8, 4) is 0 Å². The Kier molecular flexibility index (Phi) is 2.63. The molecule has 0 aromatic carbocycles. The fraction of sp³-hybridized carbons (Fsp3) is 0.600. The topological polar surface area (TPSA) is 44.1 Å². The van der Waals surface area contributed by atoms with Gasteiger partial charge in [-0.1, -0.05) is 0 Å². The number of carbonyl (C=O) groups is 1. The molecule has 1 aromatic heterocycles. The molecular weight excluding hydrogens is 180 g/mol. The predicted molar refractivity (Wildman–Crippen MR) is 51.1 cm³/mol. The molecular formula is C10H14N2O2. The summed E-state index contributed by atoms with van der Waals surface area (Å²) in [6, 6.07) is 1.76. The molecule has 76 valence electrons. The van der Waals surface area contributed by atoms with Gasteiger partial charge in [-0.05, 0) is 18.4 Å². The highest BCUT2D eigenvalue weighted by molar-refractivity contribution is 5.94. The van der Waals surface area contributed by atoms with Crippen molar-refractivity contribution in [3.05, 3.63) is 18.0 Å². The zero-order chi connectivity index (χ0) is 9.97. The maximum atomic E-state index is 11.7. The lowest BCUT2D eigenvalue weighted by Crippen LogP contribution is -2.09. The van der Waals surface area contributed by atoms with Crippen molar-refractivity contribution in [3.63, 3.8) is 0 Å². The Morgan fingerprint density at radius 2 is 2.64 bits per heavy atom. The predicted octanol–water partition coefficient (Wildman–Crippen LogP) is 1.03. The van der Waals surface area contributed by atoms with E-state index in [2.05, 4.69) is 5.10 Å². The second-order valence-corrected chi connectivity index (χ2v) is 3.73. The number of hydrogen-bond acceptors (Lipinski definition) is 3. The number of hydrogen-bond donors (Lipinski definition) is 0. The molecule has 1 saturated heterocycles. The second kappa shape index (κ2) is 3.92. The number of ketones is 1. The first kappa shape index (κ1) is 9.40. The van der Waals surface area contributed by atoms with E-state index in [1.165, 1.54) is 0 Å². The molecule has 2 heterocycles. The van der Waals surface area contributed by atoms with E-state index >= 15 is 0 Å². The van der Waals surface area contributed by atoms with Crippen molar-refractivity contribution in [2.75, 3.05) is 13.2 Å². The Bertz CT molecular complexity index is 327. The minimum absolute atomic E-state index is 0.126. The smallest absolute Gasteiger partial charge is 0.183 e. The van der Waals surface area contributed by atoms with Crippen LogP contribution in [0.3, 0.4) is 0 Å². The van der Waals surface area contributed by atoms with Gasteiger partial charge in [-0.3, -0.25) is 9.48 Å². The average molecular weight is 194 g/mol. The average Bonchev–Trinajstić information content (AvgIpc) is 2.75. The number of carbonyl (C=O) groups excluding carboxylic acids is 1. The highest BCUT2D eigenvalue weighted by Gasteiger charge is 2.20. The molecule has 0 saturated carbocycles. The summed E-state index contributed by atoms with van der Waals surface area (Å²) in [5, 5.41) is 4.08. The summed E-state index contributed by atoms with van der Waals surface area (Å²) in [6.45, 7) is 1.51.